The summed E-state index contributed by atoms with van der Waals surface area (Å²) in [6, 6.07) is 0. The van der Waals surface area contributed by atoms with Gasteiger partial charge in [0.05, 0.1) is 18.8 Å². The highest BCUT2D eigenvalue weighted by Gasteiger charge is 2.31. The summed E-state index contributed by atoms with van der Waals surface area (Å²) >= 11 is 0. The second-order valence-electron chi connectivity index (χ2n) is 4.38. The number of hydrogen-bond acceptors (Lipinski definition) is 4. The van der Waals surface area contributed by atoms with E-state index in [1.807, 2.05) is 13.8 Å². The number of nitrogens with one attached hydrogen (secondary N) is 1. The van der Waals surface area contributed by atoms with Crippen LogP contribution in [0.1, 0.15) is 33.6 Å². The molecule has 0 aliphatic rings. The molecule has 0 fully saturated rings. The molecule has 0 aliphatic carbocycles. The second kappa shape index (κ2) is 7.27. The summed E-state index contributed by atoms with van der Waals surface area (Å²) in [5.74, 6) is 0. The van der Waals surface area contributed by atoms with Crippen LogP contribution in [0.2, 0.25) is 0 Å². The van der Waals surface area contributed by atoms with Crippen molar-refractivity contribution in [3.05, 3.63) is 0 Å². The summed E-state index contributed by atoms with van der Waals surface area (Å²) in [5.41, 5.74) is -1.22. The Morgan fingerprint density at radius 3 is 1.82 bits per heavy atom. The van der Waals surface area contributed by atoms with E-state index in [0.717, 1.165) is 12.8 Å². The van der Waals surface area contributed by atoms with Gasteiger partial charge in [0.1, 0.15) is 0 Å². The lowest BCUT2D eigenvalue weighted by Crippen LogP contribution is -2.56. The molecule has 0 aromatic rings. The van der Waals surface area contributed by atoms with Gasteiger partial charge in [0.25, 0.3) is 10.2 Å². The zero-order valence-corrected chi connectivity index (χ0v) is 11.6. The first-order valence-electron chi connectivity index (χ1n) is 5.86. The molecular formula is C10H24N2O4S. The molecule has 0 aromatic carbocycles. The van der Waals surface area contributed by atoms with Crippen molar-refractivity contribution >= 4 is 10.2 Å². The van der Waals surface area contributed by atoms with Crippen LogP contribution in [-0.4, -0.2) is 54.8 Å². The van der Waals surface area contributed by atoms with Crippen molar-refractivity contribution in [1.82, 2.24) is 9.03 Å². The fraction of sp³-hybridized carbons (Fsp3) is 1.00. The summed E-state index contributed by atoms with van der Waals surface area (Å²) in [5, 5.41) is 18.2. The van der Waals surface area contributed by atoms with Gasteiger partial charge in [-0.15, -0.1) is 0 Å². The molecule has 104 valence electrons. The highest BCUT2D eigenvalue weighted by atomic mass is 32.2. The SMILES string of the molecule is CCCN(CCC)S(=O)(=O)NC(C)(CO)CO. The van der Waals surface area contributed by atoms with Crippen LogP contribution in [-0.2, 0) is 10.2 Å². The third-order valence-corrected chi connectivity index (χ3v) is 4.15. The fourth-order valence-corrected chi connectivity index (χ4v) is 3.07. The number of aliphatic hydroxyl groups excluding tert-OH is 2. The maximum Gasteiger partial charge on any atom is 0.280 e. The molecule has 0 atom stereocenters. The van der Waals surface area contributed by atoms with Gasteiger partial charge in [-0.05, 0) is 19.8 Å². The molecule has 0 aromatic heterocycles. The van der Waals surface area contributed by atoms with E-state index in [0.29, 0.717) is 13.1 Å². The van der Waals surface area contributed by atoms with Gasteiger partial charge >= 0.3 is 0 Å². The molecule has 0 unspecified atom stereocenters. The number of rotatable bonds is 9. The molecule has 0 saturated heterocycles. The summed E-state index contributed by atoms with van der Waals surface area (Å²) < 4.78 is 27.7. The Bertz CT molecular complexity index is 295. The molecule has 0 heterocycles. The van der Waals surface area contributed by atoms with E-state index >= 15 is 0 Å². The lowest BCUT2D eigenvalue weighted by Gasteiger charge is -2.30. The fourth-order valence-electron chi connectivity index (χ4n) is 1.34. The topological polar surface area (TPSA) is 89.9 Å². The Hall–Kier alpha value is -0.210. The molecule has 6 nitrogen and oxygen atoms in total. The van der Waals surface area contributed by atoms with Gasteiger partial charge < -0.3 is 10.2 Å². The molecular weight excluding hydrogens is 244 g/mol. The van der Waals surface area contributed by atoms with Gasteiger partial charge in [-0.1, -0.05) is 13.8 Å². The average molecular weight is 268 g/mol. The monoisotopic (exact) mass is 268 g/mol. The van der Waals surface area contributed by atoms with Gasteiger partial charge in [0.2, 0.25) is 0 Å². The van der Waals surface area contributed by atoms with Crippen molar-refractivity contribution in [1.29, 1.82) is 0 Å². The minimum absolute atomic E-state index is 0.427. The zero-order chi connectivity index (χ0) is 13.5. The van der Waals surface area contributed by atoms with Gasteiger partial charge in [-0.2, -0.15) is 17.4 Å². The predicted molar refractivity (Wildman–Crippen MR) is 66.8 cm³/mol. The first kappa shape index (κ1) is 16.8. The van der Waals surface area contributed by atoms with E-state index in [-0.39, 0.29) is 0 Å². The molecule has 0 aliphatic heterocycles. The lowest BCUT2D eigenvalue weighted by atomic mass is 10.1. The van der Waals surface area contributed by atoms with E-state index in [4.69, 9.17) is 10.2 Å². The molecule has 0 spiro atoms. The van der Waals surface area contributed by atoms with Crippen molar-refractivity contribution in [2.45, 2.75) is 39.2 Å². The van der Waals surface area contributed by atoms with Crippen LogP contribution in [0.4, 0.5) is 0 Å². The highest BCUT2D eigenvalue weighted by Crippen LogP contribution is 2.08. The van der Waals surface area contributed by atoms with Crippen LogP contribution in [0.5, 0.6) is 0 Å². The Labute approximate surface area is 104 Å². The minimum Gasteiger partial charge on any atom is -0.394 e. The maximum absolute atomic E-state index is 12.0. The first-order chi connectivity index (χ1) is 7.85. The second-order valence-corrected chi connectivity index (χ2v) is 6.05. The van der Waals surface area contributed by atoms with Crippen molar-refractivity contribution < 1.29 is 18.6 Å². The standard InChI is InChI=1S/C10H24N2O4S/c1-4-6-12(7-5-2)17(15,16)11-10(3,8-13)9-14/h11,13-14H,4-9H2,1-3H3. The molecule has 0 bridgehead atoms. The largest absolute Gasteiger partial charge is 0.394 e. The summed E-state index contributed by atoms with van der Waals surface area (Å²) in [6.07, 6.45) is 1.44. The van der Waals surface area contributed by atoms with Crippen LogP contribution < -0.4 is 4.72 Å². The Morgan fingerprint density at radius 1 is 1.12 bits per heavy atom. The predicted octanol–water partition coefficient (Wildman–Crippen LogP) is -0.314. The van der Waals surface area contributed by atoms with E-state index in [2.05, 4.69) is 4.72 Å². The van der Waals surface area contributed by atoms with Crippen molar-refractivity contribution in [3.8, 4) is 0 Å². The molecule has 0 saturated carbocycles. The average Bonchev–Trinajstić information content (AvgIpc) is 2.28. The maximum atomic E-state index is 12.0. The molecule has 0 rings (SSSR count). The zero-order valence-electron chi connectivity index (χ0n) is 10.8. The van der Waals surface area contributed by atoms with E-state index in [1.54, 1.807) is 0 Å². The van der Waals surface area contributed by atoms with Crippen molar-refractivity contribution in [2.75, 3.05) is 26.3 Å². The van der Waals surface area contributed by atoms with Crippen LogP contribution in [0, 0.1) is 0 Å². The number of nitrogens with zero attached hydrogens (tertiary/aromatic N) is 1. The van der Waals surface area contributed by atoms with Crippen molar-refractivity contribution in [2.24, 2.45) is 0 Å². The van der Waals surface area contributed by atoms with Gasteiger partial charge in [0, 0.05) is 13.1 Å². The summed E-state index contributed by atoms with van der Waals surface area (Å²) in [7, 11) is -3.67. The Morgan fingerprint density at radius 2 is 1.53 bits per heavy atom. The van der Waals surface area contributed by atoms with Crippen LogP contribution in [0.3, 0.4) is 0 Å². The molecule has 0 radical (unpaired) electrons. The van der Waals surface area contributed by atoms with Crippen LogP contribution in [0.15, 0.2) is 0 Å². The first-order valence-corrected chi connectivity index (χ1v) is 7.30. The van der Waals surface area contributed by atoms with Crippen molar-refractivity contribution in [3.63, 3.8) is 0 Å². The van der Waals surface area contributed by atoms with Gasteiger partial charge in [-0.3, -0.25) is 0 Å². The number of hydrogen-bond donors (Lipinski definition) is 3. The highest BCUT2D eigenvalue weighted by molar-refractivity contribution is 7.87. The van der Waals surface area contributed by atoms with E-state index in [9.17, 15) is 8.42 Å². The Kier molecular flexibility index (Phi) is 7.18. The van der Waals surface area contributed by atoms with Crippen LogP contribution in [0.25, 0.3) is 0 Å². The van der Waals surface area contributed by atoms with E-state index in [1.165, 1.54) is 11.2 Å². The quantitative estimate of drug-likeness (QED) is 0.535. The molecule has 3 N–H and O–H groups in total. The minimum atomic E-state index is -3.67. The third kappa shape index (κ3) is 5.31. The van der Waals surface area contributed by atoms with Gasteiger partial charge in [-0.25, -0.2) is 0 Å². The normalized spacial score (nSPS) is 13.3. The molecule has 17 heavy (non-hydrogen) atoms. The summed E-state index contributed by atoms with van der Waals surface area (Å²) in [6.45, 7) is 5.21. The molecule has 7 heteroatoms. The Balaban J connectivity index is 4.84. The lowest BCUT2D eigenvalue weighted by molar-refractivity contribution is 0.120. The van der Waals surface area contributed by atoms with E-state index < -0.39 is 29.0 Å². The summed E-state index contributed by atoms with van der Waals surface area (Å²) in [4.78, 5) is 0. The van der Waals surface area contributed by atoms with Gasteiger partial charge in [0.15, 0.2) is 0 Å². The third-order valence-electron chi connectivity index (χ3n) is 2.36. The van der Waals surface area contributed by atoms with Crippen LogP contribution >= 0.6 is 0 Å². The smallest absolute Gasteiger partial charge is 0.280 e. The molecule has 0 amide bonds. The number of aliphatic hydroxyl groups is 2.